The molecule has 1 aliphatic heterocycles. The summed E-state index contributed by atoms with van der Waals surface area (Å²) in [7, 11) is 1.98. The molecule has 1 aromatic carbocycles. The van der Waals surface area contributed by atoms with E-state index in [9.17, 15) is 4.79 Å². The number of hydrogen-bond donors (Lipinski definition) is 1. The van der Waals surface area contributed by atoms with E-state index in [1.54, 1.807) is 6.92 Å². The summed E-state index contributed by atoms with van der Waals surface area (Å²) < 4.78 is 0. The highest BCUT2D eigenvalue weighted by molar-refractivity contribution is 5.73. The molecule has 3 nitrogen and oxygen atoms in total. The second kappa shape index (κ2) is 3.81. The van der Waals surface area contributed by atoms with Gasteiger partial charge in [-0.2, -0.15) is 0 Å². The second-order valence-electron chi connectivity index (χ2n) is 4.58. The molecule has 86 valence electrons. The van der Waals surface area contributed by atoms with Crippen LogP contribution in [-0.2, 0) is 11.2 Å². The van der Waals surface area contributed by atoms with Crippen molar-refractivity contribution in [3.05, 3.63) is 29.3 Å². The number of benzene rings is 1. The molecule has 1 aromatic rings. The van der Waals surface area contributed by atoms with Crippen LogP contribution in [0.4, 0.5) is 5.69 Å². The zero-order chi connectivity index (χ0) is 11.9. The standard InChI is InChI=1S/C13H17NO2/c1-8-5-4-6-11-10(8)7-12(14(11)3)9(2)13(15)16/h4-6,9,12H,7H2,1-3H3,(H,15,16). The first-order valence-corrected chi connectivity index (χ1v) is 5.56. The molecule has 1 aliphatic rings. The van der Waals surface area contributed by atoms with Crippen molar-refractivity contribution in [1.82, 2.24) is 0 Å². The number of rotatable bonds is 2. The summed E-state index contributed by atoms with van der Waals surface area (Å²) in [6.07, 6.45) is 0.839. The van der Waals surface area contributed by atoms with Gasteiger partial charge in [0.2, 0.25) is 0 Å². The van der Waals surface area contributed by atoms with Gasteiger partial charge in [-0.15, -0.1) is 0 Å². The first-order chi connectivity index (χ1) is 7.52. The predicted molar refractivity (Wildman–Crippen MR) is 63.9 cm³/mol. The van der Waals surface area contributed by atoms with Crippen LogP contribution in [0.5, 0.6) is 0 Å². The number of carboxylic acids is 1. The van der Waals surface area contributed by atoms with E-state index in [1.807, 2.05) is 13.1 Å². The van der Waals surface area contributed by atoms with Gasteiger partial charge in [-0.05, 0) is 37.5 Å². The maximum Gasteiger partial charge on any atom is 0.308 e. The van der Waals surface area contributed by atoms with Gasteiger partial charge in [0.25, 0.3) is 0 Å². The Morgan fingerprint density at radius 1 is 1.56 bits per heavy atom. The van der Waals surface area contributed by atoms with E-state index in [-0.39, 0.29) is 12.0 Å². The summed E-state index contributed by atoms with van der Waals surface area (Å²) in [5, 5.41) is 9.08. The Balaban J connectivity index is 2.34. The molecule has 0 bridgehead atoms. The lowest BCUT2D eigenvalue weighted by atomic mass is 9.96. The molecule has 16 heavy (non-hydrogen) atoms. The van der Waals surface area contributed by atoms with Crippen LogP contribution in [0.3, 0.4) is 0 Å². The van der Waals surface area contributed by atoms with Gasteiger partial charge in [0.1, 0.15) is 0 Å². The molecule has 0 radical (unpaired) electrons. The van der Waals surface area contributed by atoms with E-state index in [0.29, 0.717) is 0 Å². The molecule has 3 heteroatoms. The minimum Gasteiger partial charge on any atom is -0.481 e. The fourth-order valence-corrected chi connectivity index (χ4v) is 2.48. The minimum absolute atomic E-state index is 0.0774. The van der Waals surface area contributed by atoms with Gasteiger partial charge in [-0.3, -0.25) is 4.79 Å². The van der Waals surface area contributed by atoms with E-state index in [4.69, 9.17) is 5.11 Å². The SMILES string of the molecule is Cc1cccc2c1CC(C(C)C(=O)O)N2C. The zero-order valence-electron chi connectivity index (χ0n) is 9.90. The van der Waals surface area contributed by atoms with Gasteiger partial charge in [-0.1, -0.05) is 12.1 Å². The number of hydrogen-bond acceptors (Lipinski definition) is 2. The average Bonchev–Trinajstić information content (AvgIpc) is 2.57. The Kier molecular flexibility index (Phi) is 2.62. The quantitative estimate of drug-likeness (QED) is 0.827. The van der Waals surface area contributed by atoms with Gasteiger partial charge in [0.05, 0.1) is 5.92 Å². The van der Waals surface area contributed by atoms with E-state index < -0.39 is 5.97 Å². The molecule has 0 saturated carbocycles. The lowest BCUT2D eigenvalue weighted by molar-refractivity contribution is -0.141. The maximum absolute atomic E-state index is 11.0. The van der Waals surface area contributed by atoms with Gasteiger partial charge < -0.3 is 10.0 Å². The van der Waals surface area contributed by atoms with Crippen molar-refractivity contribution in [3.63, 3.8) is 0 Å². The van der Waals surface area contributed by atoms with Crippen LogP contribution in [0.2, 0.25) is 0 Å². The van der Waals surface area contributed by atoms with E-state index >= 15 is 0 Å². The van der Waals surface area contributed by atoms with Gasteiger partial charge in [0, 0.05) is 18.8 Å². The van der Waals surface area contributed by atoms with Crippen LogP contribution in [0.15, 0.2) is 18.2 Å². The lowest BCUT2D eigenvalue weighted by Gasteiger charge is -2.25. The molecule has 1 N–H and O–H groups in total. The fraction of sp³-hybridized carbons (Fsp3) is 0.462. The molecule has 0 aliphatic carbocycles. The Hall–Kier alpha value is -1.51. The molecule has 0 spiro atoms. The van der Waals surface area contributed by atoms with Crippen molar-refractivity contribution in [1.29, 1.82) is 0 Å². The summed E-state index contributed by atoms with van der Waals surface area (Å²) in [4.78, 5) is 13.1. The highest BCUT2D eigenvalue weighted by Crippen LogP contribution is 2.35. The third-order valence-corrected chi connectivity index (χ3v) is 3.64. The summed E-state index contributed by atoms with van der Waals surface area (Å²) in [5.41, 5.74) is 3.73. The zero-order valence-corrected chi connectivity index (χ0v) is 9.90. The lowest BCUT2D eigenvalue weighted by Crippen LogP contribution is -2.37. The van der Waals surface area contributed by atoms with Gasteiger partial charge >= 0.3 is 5.97 Å². The normalized spacial score (nSPS) is 20.7. The molecule has 2 rings (SSSR count). The van der Waals surface area contributed by atoms with Crippen LogP contribution in [0.25, 0.3) is 0 Å². The van der Waals surface area contributed by atoms with Crippen LogP contribution in [0.1, 0.15) is 18.1 Å². The Bertz CT molecular complexity index is 428. The number of aryl methyl sites for hydroxylation is 1. The summed E-state index contributed by atoms with van der Waals surface area (Å²) in [6, 6.07) is 6.25. The van der Waals surface area contributed by atoms with Crippen LogP contribution < -0.4 is 4.90 Å². The molecule has 0 fully saturated rings. The van der Waals surface area contributed by atoms with Crippen molar-refractivity contribution >= 4 is 11.7 Å². The molecular weight excluding hydrogens is 202 g/mol. The number of aliphatic carboxylic acids is 1. The average molecular weight is 219 g/mol. The van der Waals surface area contributed by atoms with Crippen LogP contribution >= 0.6 is 0 Å². The number of likely N-dealkylation sites (N-methyl/N-ethyl adjacent to an activating group) is 1. The van der Waals surface area contributed by atoms with Gasteiger partial charge in [-0.25, -0.2) is 0 Å². The Morgan fingerprint density at radius 2 is 2.25 bits per heavy atom. The summed E-state index contributed by atoms with van der Waals surface area (Å²) >= 11 is 0. The predicted octanol–water partition coefficient (Wildman–Crippen LogP) is 2.08. The fourth-order valence-electron chi connectivity index (χ4n) is 2.48. The largest absolute Gasteiger partial charge is 0.481 e. The topological polar surface area (TPSA) is 40.5 Å². The third-order valence-electron chi connectivity index (χ3n) is 3.64. The van der Waals surface area contributed by atoms with Crippen LogP contribution in [-0.4, -0.2) is 24.2 Å². The second-order valence-corrected chi connectivity index (χ2v) is 4.58. The smallest absolute Gasteiger partial charge is 0.308 e. The summed E-state index contributed by atoms with van der Waals surface area (Å²) in [6.45, 7) is 3.87. The number of carboxylic acid groups (broad SMARTS) is 1. The first-order valence-electron chi connectivity index (χ1n) is 5.56. The van der Waals surface area contributed by atoms with E-state index in [0.717, 1.165) is 6.42 Å². The van der Waals surface area contributed by atoms with Crippen molar-refractivity contribution < 1.29 is 9.90 Å². The van der Waals surface area contributed by atoms with Crippen molar-refractivity contribution in [2.75, 3.05) is 11.9 Å². The van der Waals surface area contributed by atoms with Crippen molar-refractivity contribution in [3.8, 4) is 0 Å². The Labute approximate surface area is 95.7 Å². The number of anilines is 1. The number of carbonyl (C=O) groups is 1. The van der Waals surface area contributed by atoms with E-state index in [1.165, 1.54) is 16.8 Å². The number of fused-ring (bicyclic) bond motifs is 1. The highest BCUT2D eigenvalue weighted by Gasteiger charge is 2.34. The molecular formula is C13H17NO2. The van der Waals surface area contributed by atoms with Crippen LogP contribution in [0, 0.1) is 12.8 Å². The third kappa shape index (κ3) is 1.56. The minimum atomic E-state index is -0.720. The Morgan fingerprint density at radius 3 is 2.81 bits per heavy atom. The maximum atomic E-state index is 11.0. The number of nitrogens with zero attached hydrogens (tertiary/aromatic N) is 1. The molecule has 2 atom stereocenters. The van der Waals surface area contributed by atoms with E-state index in [2.05, 4.69) is 24.0 Å². The highest BCUT2D eigenvalue weighted by atomic mass is 16.4. The van der Waals surface area contributed by atoms with Crippen molar-refractivity contribution in [2.45, 2.75) is 26.3 Å². The molecule has 2 unspecified atom stereocenters. The first kappa shape index (κ1) is 11.0. The summed E-state index contributed by atoms with van der Waals surface area (Å²) in [5.74, 6) is -1.06. The van der Waals surface area contributed by atoms with Crippen molar-refractivity contribution in [2.24, 2.45) is 5.92 Å². The molecule has 0 aromatic heterocycles. The molecule has 1 heterocycles. The van der Waals surface area contributed by atoms with Gasteiger partial charge in [0.15, 0.2) is 0 Å². The molecule has 0 saturated heterocycles. The molecule has 0 amide bonds. The monoisotopic (exact) mass is 219 g/mol.